The molecular weight excluding hydrogens is 414 g/mol. The van der Waals surface area contributed by atoms with Crippen molar-refractivity contribution in [1.29, 1.82) is 5.26 Å². The molecule has 0 fully saturated rings. The molecule has 0 atom stereocenters. The quantitative estimate of drug-likeness (QED) is 0.392. The summed E-state index contributed by atoms with van der Waals surface area (Å²) in [6, 6.07) is 22.0. The first-order valence-electron chi connectivity index (χ1n) is 10.4. The molecule has 3 rings (SSSR count). The monoisotopic (exact) mass is 439 g/mol. The van der Waals surface area contributed by atoms with Gasteiger partial charge in [-0.15, -0.1) is 0 Å². The Kier molecular flexibility index (Phi) is 7.61. The van der Waals surface area contributed by atoms with Crippen molar-refractivity contribution in [2.45, 2.75) is 20.8 Å². The van der Waals surface area contributed by atoms with E-state index in [-0.39, 0.29) is 18.1 Å². The van der Waals surface area contributed by atoms with E-state index in [2.05, 4.69) is 10.6 Å². The van der Waals surface area contributed by atoms with Crippen molar-refractivity contribution in [1.82, 2.24) is 0 Å². The Morgan fingerprint density at radius 1 is 0.939 bits per heavy atom. The van der Waals surface area contributed by atoms with Gasteiger partial charge in [0.05, 0.1) is 0 Å². The van der Waals surface area contributed by atoms with Crippen LogP contribution in [0.4, 0.5) is 11.4 Å². The molecule has 6 nitrogen and oxygen atoms in total. The Labute approximate surface area is 193 Å². The first-order chi connectivity index (χ1) is 15.8. The predicted molar refractivity (Wildman–Crippen MR) is 130 cm³/mol. The average Bonchev–Trinajstić information content (AvgIpc) is 2.79. The van der Waals surface area contributed by atoms with Gasteiger partial charge in [0, 0.05) is 11.4 Å². The van der Waals surface area contributed by atoms with E-state index >= 15 is 0 Å². The summed E-state index contributed by atoms with van der Waals surface area (Å²) in [6.45, 7) is 5.65. The van der Waals surface area contributed by atoms with E-state index in [1.807, 2.05) is 69.3 Å². The number of rotatable bonds is 7. The summed E-state index contributed by atoms with van der Waals surface area (Å²) in [6.07, 6.45) is 1.51. The number of nitrogens with zero attached hydrogens (tertiary/aromatic N) is 1. The van der Waals surface area contributed by atoms with Crippen molar-refractivity contribution in [2.75, 3.05) is 17.2 Å². The molecule has 0 aliphatic heterocycles. The van der Waals surface area contributed by atoms with E-state index < -0.39 is 5.91 Å². The van der Waals surface area contributed by atoms with E-state index in [1.54, 1.807) is 24.3 Å². The molecule has 0 bridgehead atoms. The van der Waals surface area contributed by atoms with E-state index in [9.17, 15) is 14.9 Å². The lowest BCUT2D eigenvalue weighted by atomic mass is 10.1. The summed E-state index contributed by atoms with van der Waals surface area (Å²) in [5.74, 6) is -0.233. The molecule has 0 radical (unpaired) electrons. The second-order valence-electron chi connectivity index (χ2n) is 7.72. The fourth-order valence-corrected chi connectivity index (χ4v) is 3.10. The van der Waals surface area contributed by atoms with Crippen molar-refractivity contribution < 1.29 is 14.3 Å². The molecule has 2 amide bonds. The zero-order chi connectivity index (χ0) is 23.8. The number of amides is 2. The number of nitrogens with one attached hydrogen (secondary N) is 2. The van der Waals surface area contributed by atoms with E-state index in [0.29, 0.717) is 22.7 Å². The largest absolute Gasteiger partial charge is 0.484 e. The Balaban J connectivity index is 1.59. The summed E-state index contributed by atoms with van der Waals surface area (Å²) >= 11 is 0. The molecular formula is C27H25N3O3. The second kappa shape index (κ2) is 10.8. The smallest absolute Gasteiger partial charge is 0.266 e. The highest BCUT2D eigenvalue weighted by atomic mass is 16.5. The number of nitriles is 1. The lowest BCUT2D eigenvalue weighted by molar-refractivity contribution is -0.118. The van der Waals surface area contributed by atoms with Crippen LogP contribution in [0.3, 0.4) is 0 Å². The molecule has 3 aromatic carbocycles. The minimum Gasteiger partial charge on any atom is -0.484 e. The van der Waals surface area contributed by atoms with Crippen LogP contribution in [0.1, 0.15) is 22.3 Å². The number of benzene rings is 3. The molecule has 0 aliphatic rings. The van der Waals surface area contributed by atoms with Crippen LogP contribution in [0.25, 0.3) is 6.08 Å². The zero-order valence-corrected chi connectivity index (χ0v) is 18.8. The summed E-state index contributed by atoms with van der Waals surface area (Å²) in [4.78, 5) is 24.6. The van der Waals surface area contributed by atoms with Gasteiger partial charge in [-0.1, -0.05) is 36.4 Å². The van der Waals surface area contributed by atoms with Crippen molar-refractivity contribution in [3.05, 3.63) is 94.6 Å². The fraction of sp³-hybridized carbons (Fsp3) is 0.148. The van der Waals surface area contributed by atoms with E-state index in [0.717, 1.165) is 16.7 Å². The number of hydrogen-bond acceptors (Lipinski definition) is 4. The summed E-state index contributed by atoms with van der Waals surface area (Å²) in [5, 5.41) is 15.0. The Morgan fingerprint density at radius 3 is 2.36 bits per heavy atom. The standard InChI is InChI=1S/C27H25N3O3/c1-18-5-4-6-23(13-18)29-26(31)17-33-24-11-9-21(10-12-24)15-22(16-28)27(32)30-25-14-19(2)7-8-20(25)3/h4-15H,17H2,1-3H3,(H,29,31)(H,30,32)/b22-15+. The molecule has 0 saturated heterocycles. The number of ether oxygens (including phenoxy) is 1. The Bertz CT molecular complexity index is 1240. The van der Waals surface area contributed by atoms with Crippen molar-refractivity contribution in [2.24, 2.45) is 0 Å². The van der Waals surface area contributed by atoms with Gasteiger partial charge >= 0.3 is 0 Å². The molecule has 0 spiro atoms. The number of carbonyl (C=O) groups excluding carboxylic acids is 2. The van der Waals surface area contributed by atoms with E-state index in [1.165, 1.54) is 6.08 Å². The van der Waals surface area contributed by atoms with Crippen LogP contribution in [-0.4, -0.2) is 18.4 Å². The van der Waals surface area contributed by atoms with Gasteiger partial charge in [-0.25, -0.2) is 0 Å². The van der Waals surface area contributed by atoms with Gasteiger partial charge in [-0.3, -0.25) is 9.59 Å². The maximum absolute atomic E-state index is 12.6. The third kappa shape index (κ3) is 6.81. The van der Waals surface area contributed by atoms with Gasteiger partial charge in [0.2, 0.25) is 0 Å². The Hall–Kier alpha value is -4.37. The SMILES string of the molecule is Cc1cccc(NC(=O)COc2ccc(/C=C(\C#N)C(=O)Nc3cc(C)ccc3C)cc2)c1. The van der Waals surface area contributed by atoms with Crippen LogP contribution < -0.4 is 15.4 Å². The minimum absolute atomic E-state index is 0.0119. The first kappa shape index (κ1) is 23.3. The molecule has 2 N–H and O–H groups in total. The number of aryl methyl sites for hydroxylation is 3. The second-order valence-corrected chi connectivity index (χ2v) is 7.72. The summed E-state index contributed by atoms with van der Waals surface area (Å²) < 4.78 is 5.53. The minimum atomic E-state index is -0.473. The maximum atomic E-state index is 12.6. The fourth-order valence-electron chi connectivity index (χ4n) is 3.10. The molecule has 3 aromatic rings. The average molecular weight is 440 g/mol. The number of hydrogen-bond donors (Lipinski definition) is 2. The van der Waals surface area contributed by atoms with Crippen LogP contribution in [0.5, 0.6) is 5.75 Å². The van der Waals surface area contributed by atoms with Gasteiger partial charge in [-0.05, 0) is 79.4 Å². The van der Waals surface area contributed by atoms with Gasteiger partial charge in [0.1, 0.15) is 17.4 Å². The molecule has 6 heteroatoms. The van der Waals surface area contributed by atoms with Crippen LogP contribution in [0, 0.1) is 32.1 Å². The topological polar surface area (TPSA) is 91.2 Å². The van der Waals surface area contributed by atoms with Crippen LogP contribution in [0.15, 0.2) is 72.3 Å². The van der Waals surface area contributed by atoms with Gasteiger partial charge in [0.15, 0.2) is 6.61 Å². The molecule has 0 saturated carbocycles. The van der Waals surface area contributed by atoms with E-state index in [4.69, 9.17) is 4.74 Å². The summed E-state index contributed by atoms with van der Waals surface area (Å²) in [7, 11) is 0. The summed E-state index contributed by atoms with van der Waals surface area (Å²) in [5.41, 5.74) is 5.03. The Morgan fingerprint density at radius 2 is 1.67 bits per heavy atom. The zero-order valence-electron chi connectivity index (χ0n) is 18.8. The molecule has 0 aliphatic carbocycles. The maximum Gasteiger partial charge on any atom is 0.266 e. The molecule has 33 heavy (non-hydrogen) atoms. The highest BCUT2D eigenvalue weighted by molar-refractivity contribution is 6.10. The first-order valence-corrected chi connectivity index (χ1v) is 10.4. The third-order valence-electron chi connectivity index (χ3n) is 4.87. The van der Waals surface area contributed by atoms with Crippen LogP contribution in [0.2, 0.25) is 0 Å². The molecule has 0 unspecified atom stereocenters. The number of anilines is 2. The molecule has 166 valence electrons. The van der Waals surface area contributed by atoms with Gasteiger partial charge < -0.3 is 15.4 Å². The normalized spacial score (nSPS) is 10.8. The van der Waals surface area contributed by atoms with Crippen molar-refractivity contribution in [3.8, 4) is 11.8 Å². The highest BCUT2D eigenvalue weighted by Crippen LogP contribution is 2.19. The van der Waals surface area contributed by atoms with Crippen LogP contribution in [-0.2, 0) is 9.59 Å². The lowest BCUT2D eigenvalue weighted by Crippen LogP contribution is -2.20. The van der Waals surface area contributed by atoms with Crippen molar-refractivity contribution in [3.63, 3.8) is 0 Å². The molecule has 0 aromatic heterocycles. The lowest BCUT2D eigenvalue weighted by Gasteiger charge is -2.09. The molecule has 0 heterocycles. The third-order valence-corrected chi connectivity index (χ3v) is 4.87. The van der Waals surface area contributed by atoms with Gasteiger partial charge in [0.25, 0.3) is 11.8 Å². The predicted octanol–water partition coefficient (Wildman–Crippen LogP) is 5.18. The highest BCUT2D eigenvalue weighted by Gasteiger charge is 2.11. The van der Waals surface area contributed by atoms with Gasteiger partial charge in [-0.2, -0.15) is 5.26 Å². The van der Waals surface area contributed by atoms with Crippen LogP contribution >= 0.6 is 0 Å². The van der Waals surface area contributed by atoms with Crippen molar-refractivity contribution >= 4 is 29.3 Å². The number of carbonyl (C=O) groups is 2.